The van der Waals surface area contributed by atoms with E-state index in [0.717, 1.165) is 5.56 Å². The summed E-state index contributed by atoms with van der Waals surface area (Å²) < 4.78 is 24.4. The van der Waals surface area contributed by atoms with Gasteiger partial charge >= 0.3 is 5.97 Å². The summed E-state index contributed by atoms with van der Waals surface area (Å²) in [5, 5.41) is 0.116. The minimum atomic E-state index is -1.91. The van der Waals surface area contributed by atoms with E-state index >= 15 is 0 Å². The minimum absolute atomic E-state index is 0.0318. The van der Waals surface area contributed by atoms with Crippen molar-refractivity contribution in [1.29, 1.82) is 0 Å². The molecule has 6 nitrogen and oxygen atoms in total. The summed E-state index contributed by atoms with van der Waals surface area (Å²) in [6.45, 7) is 16.6. The highest BCUT2D eigenvalue weighted by Gasteiger charge is 2.66. The van der Waals surface area contributed by atoms with E-state index in [0.29, 0.717) is 26.2 Å². The highest BCUT2D eigenvalue weighted by atomic mass is 28.4. The van der Waals surface area contributed by atoms with E-state index in [1.54, 1.807) is 0 Å². The van der Waals surface area contributed by atoms with Crippen LogP contribution in [0, 0.1) is 5.92 Å². The summed E-state index contributed by atoms with van der Waals surface area (Å²) in [6, 6.07) is 9.89. The molecule has 0 unspecified atom stereocenters. The molecule has 34 heavy (non-hydrogen) atoms. The Kier molecular flexibility index (Phi) is 8.12. The van der Waals surface area contributed by atoms with Crippen molar-refractivity contribution in [1.82, 2.24) is 0 Å². The average molecular weight is 491 g/mol. The van der Waals surface area contributed by atoms with Gasteiger partial charge in [0.15, 0.2) is 13.9 Å². The molecular formula is C27H42O6Si. The molecule has 0 saturated carbocycles. The number of ketones is 1. The number of carbonyl (C=O) groups excluding carboxylic acids is 2. The Morgan fingerprint density at radius 1 is 1.15 bits per heavy atom. The van der Waals surface area contributed by atoms with Gasteiger partial charge in [0, 0.05) is 25.4 Å². The maximum atomic E-state index is 13.0. The molecule has 2 aliphatic heterocycles. The van der Waals surface area contributed by atoms with Crippen molar-refractivity contribution < 1.29 is 28.2 Å². The molecule has 1 aromatic rings. The Bertz CT molecular complexity index is 860. The van der Waals surface area contributed by atoms with Gasteiger partial charge in [-0.25, -0.2) is 0 Å². The molecule has 3 atom stereocenters. The molecule has 7 heteroatoms. The second kappa shape index (κ2) is 10.2. The first-order valence-corrected chi connectivity index (χ1v) is 15.3. The molecule has 2 aliphatic rings. The fraction of sp³-hybridized carbons (Fsp3) is 0.704. The predicted octanol–water partition coefficient (Wildman–Crippen LogP) is 5.44. The third kappa shape index (κ3) is 5.98. The third-order valence-corrected chi connectivity index (χ3v) is 12.4. The topological polar surface area (TPSA) is 71.1 Å². The first kappa shape index (κ1) is 27.1. The maximum Gasteiger partial charge on any atom is 0.309 e. The normalized spacial score (nSPS) is 26.4. The zero-order valence-corrected chi connectivity index (χ0v) is 22.9. The highest BCUT2D eigenvalue weighted by Crippen LogP contribution is 2.53. The van der Waals surface area contributed by atoms with E-state index in [4.69, 9.17) is 18.6 Å². The van der Waals surface area contributed by atoms with Crippen LogP contribution in [0.25, 0.3) is 0 Å². The van der Waals surface area contributed by atoms with Gasteiger partial charge in [0.1, 0.15) is 11.9 Å². The fourth-order valence-corrected chi connectivity index (χ4v) is 6.04. The quantitative estimate of drug-likeness (QED) is 0.234. The van der Waals surface area contributed by atoms with Crippen LogP contribution in [-0.4, -0.2) is 50.6 Å². The molecule has 190 valence electrons. The van der Waals surface area contributed by atoms with Crippen LogP contribution in [0.4, 0.5) is 0 Å². The molecule has 0 spiro atoms. The van der Waals surface area contributed by atoms with Crippen LogP contribution in [0.1, 0.15) is 65.9 Å². The molecule has 2 heterocycles. The van der Waals surface area contributed by atoms with Crippen LogP contribution >= 0.6 is 0 Å². The van der Waals surface area contributed by atoms with Crippen LogP contribution in [-0.2, 0) is 34.8 Å². The molecule has 0 amide bonds. The summed E-state index contributed by atoms with van der Waals surface area (Å²) in [5.41, 5.74) is -0.355. The lowest BCUT2D eigenvalue weighted by molar-refractivity contribution is -0.156. The average Bonchev–Trinajstić information content (AvgIpc) is 3.11. The molecule has 2 saturated heterocycles. The zero-order valence-electron chi connectivity index (χ0n) is 21.9. The SMILES string of the molecule is CC1(C)O[C@@H]2CC(=O)O[C@]2(CC(=O)CCOCc2ccccc2)[C@H]1CCO[Si](C)(C)C(C)(C)C. The summed E-state index contributed by atoms with van der Waals surface area (Å²) in [6.07, 6.45) is 0.919. The van der Waals surface area contributed by atoms with Crippen molar-refractivity contribution in [2.75, 3.05) is 13.2 Å². The fourth-order valence-electron chi connectivity index (χ4n) is 4.98. The van der Waals surface area contributed by atoms with Gasteiger partial charge < -0.3 is 18.6 Å². The van der Waals surface area contributed by atoms with Crippen molar-refractivity contribution in [3.8, 4) is 0 Å². The predicted molar refractivity (Wildman–Crippen MR) is 134 cm³/mol. The molecule has 0 N–H and O–H groups in total. The lowest BCUT2D eigenvalue weighted by Crippen LogP contribution is -2.48. The van der Waals surface area contributed by atoms with Crippen LogP contribution in [0.3, 0.4) is 0 Å². The number of esters is 1. The summed E-state index contributed by atoms with van der Waals surface area (Å²) in [7, 11) is -1.91. The smallest absolute Gasteiger partial charge is 0.309 e. The summed E-state index contributed by atoms with van der Waals surface area (Å²) in [4.78, 5) is 25.3. The van der Waals surface area contributed by atoms with Crippen molar-refractivity contribution in [3.05, 3.63) is 35.9 Å². The van der Waals surface area contributed by atoms with Gasteiger partial charge in [0.25, 0.3) is 0 Å². The molecule has 1 aromatic carbocycles. The van der Waals surface area contributed by atoms with Gasteiger partial charge in [-0.2, -0.15) is 0 Å². The largest absolute Gasteiger partial charge is 0.455 e. The summed E-state index contributed by atoms with van der Waals surface area (Å²) >= 11 is 0. The Morgan fingerprint density at radius 2 is 1.82 bits per heavy atom. The lowest BCUT2D eigenvalue weighted by Gasteiger charge is -2.39. The van der Waals surface area contributed by atoms with E-state index in [1.807, 2.05) is 44.2 Å². The number of fused-ring (bicyclic) bond motifs is 1. The first-order chi connectivity index (χ1) is 15.8. The number of Topliss-reactive ketones (excluding diaryl/α,β-unsaturated/α-hetero) is 1. The Balaban J connectivity index is 1.63. The van der Waals surface area contributed by atoms with Crippen LogP contribution in [0.2, 0.25) is 18.1 Å². The zero-order chi connectivity index (χ0) is 25.2. The van der Waals surface area contributed by atoms with E-state index in [1.165, 1.54) is 0 Å². The highest BCUT2D eigenvalue weighted by molar-refractivity contribution is 6.74. The van der Waals surface area contributed by atoms with Crippen molar-refractivity contribution in [2.24, 2.45) is 5.92 Å². The van der Waals surface area contributed by atoms with Crippen molar-refractivity contribution >= 4 is 20.1 Å². The molecular weight excluding hydrogens is 448 g/mol. The third-order valence-electron chi connectivity index (χ3n) is 7.86. The van der Waals surface area contributed by atoms with Crippen LogP contribution in [0.5, 0.6) is 0 Å². The van der Waals surface area contributed by atoms with Gasteiger partial charge in [0.2, 0.25) is 0 Å². The van der Waals surface area contributed by atoms with E-state index in [2.05, 4.69) is 33.9 Å². The van der Waals surface area contributed by atoms with Gasteiger partial charge in [-0.05, 0) is 44.0 Å². The van der Waals surface area contributed by atoms with Gasteiger partial charge in [0.05, 0.1) is 25.2 Å². The number of hydrogen-bond acceptors (Lipinski definition) is 6. The lowest BCUT2D eigenvalue weighted by atomic mass is 9.73. The molecule has 0 aromatic heterocycles. The number of rotatable bonds is 11. The Morgan fingerprint density at radius 3 is 2.47 bits per heavy atom. The van der Waals surface area contributed by atoms with E-state index < -0.39 is 25.6 Å². The van der Waals surface area contributed by atoms with E-state index in [9.17, 15) is 9.59 Å². The molecule has 0 bridgehead atoms. The van der Waals surface area contributed by atoms with Gasteiger partial charge in [-0.1, -0.05) is 51.1 Å². The Hall–Kier alpha value is -1.54. The van der Waals surface area contributed by atoms with Gasteiger partial charge in [-0.15, -0.1) is 0 Å². The number of carbonyl (C=O) groups is 2. The monoisotopic (exact) mass is 490 g/mol. The van der Waals surface area contributed by atoms with E-state index in [-0.39, 0.29) is 42.0 Å². The number of ether oxygens (including phenoxy) is 3. The van der Waals surface area contributed by atoms with Gasteiger partial charge in [-0.3, -0.25) is 9.59 Å². The van der Waals surface area contributed by atoms with Crippen LogP contribution in [0.15, 0.2) is 30.3 Å². The second-order valence-electron chi connectivity index (χ2n) is 11.8. The molecule has 0 aliphatic carbocycles. The van der Waals surface area contributed by atoms with Crippen molar-refractivity contribution in [2.45, 2.75) is 102 Å². The second-order valence-corrected chi connectivity index (χ2v) is 16.6. The molecule has 3 rings (SSSR count). The minimum Gasteiger partial charge on any atom is -0.455 e. The summed E-state index contributed by atoms with van der Waals surface area (Å²) in [5.74, 6) is -0.372. The molecule has 2 fully saturated rings. The Labute approximate surface area is 205 Å². The molecule has 0 radical (unpaired) electrons. The standard InChI is InChI=1S/C27H42O6Si/c1-25(2,3)34(6,7)31-16-14-22-26(4,5)32-23-17-24(29)33-27(22,23)18-21(28)13-15-30-19-20-11-9-8-10-12-20/h8-12,22-23H,13-19H2,1-7H3/t22-,23+,27+/m0/s1. The number of benzene rings is 1. The number of hydrogen-bond donors (Lipinski definition) is 0. The first-order valence-electron chi connectivity index (χ1n) is 12.4. The van der Waals surface area contributed by atoms with Crippen molar-refractivity contribution in [3.63, 3.8) is 0 Å². The maximum absolute atomic E-state index is 13.0. The van der Waals surface area contributed by atoms with Crippen LogP contribution < -0.4 is 0 Å².